The molecule has 142 valence electrons. The molecule has 10 nitrogen and oxygen atoms in total. The van der Waals surface area contributed by atoms with Crippen molar-refractivity contribution >= 4 is 40.8 Å². The molecule has 1 aromatic carbocycles. The van der Waals surface area contributed by atoms with Crippen LogP contribution in [0.1, 0.15) is 0 Å². The number of nitrogens with zero attached hydrogens (tertiary/aromatic N) is 5. The Balaban J connectivity index is 1.91. The van der Waals surface area contributed by atoms with Gasteiger partial charge in [-0.05, 0) is 24.3 Å². The Bertz CT molecular complexity index is 1030. The summed E-state index contributed by atoms with van der Waals surface area (Å²) in [7, 11) is 1.77. The van der Waals surface area contributed by atoms with E-state index in [1.807, 2.05) is 0 Å². The molecule has 0 fully saturated rings. The van der Waals surface area contributed by atoms with E-state index < -0.39 is 12.0 Å². The minimum absolute atomic E-state index is 0.140. The molecule has 0 aliphatic carbocycles. The second-order valence-corrected chi connectivity index (χ2v) is 5.63. The fourth-order valence-electron chi connectivity index (χ4n) is 2.41. The molecule has 0 spiro atoms. The molecule has 2 aromatic heterocycles. The van der Waals surface area contributed by atoms with Crippen molar-refractivity contribution in [2.24, 2.45) is 7.05 Å². The maximum Gasteiger partial charge on any atom is 0.417 e. The quantitative estimate of drug-likeness (QED) is 0.562. The molecule has 3 rings (SSSR count). The van der Waals surface area contributed by atoms with Gasteiger partial charge in [0.05, 0.1) is 17.6 Å². The highest BCUT2D eigenvalue weighted by molar-refractivity contribution is 6.00. The molecule has 0 aliphatic rings. The number of hydrogen-bond acceptors (Lipinski definition) is 6. The van der Waals surface area contributed by atoms with Crippen LogP contribution >= 0.6 is 0 Å². The van der Waals surface area contributed by atoms with Crippen LogP contribution in [0.15, 0.2) is 61.6 Å². The Labute approximate surface area is 160 Å². The summed E-state index contributed by atoms with van der Waals surface area (Å²) in [5.41, 5.74) is 1.40. The normalized spacial score (nSPS) is 10.2. The van der Waals surface area contributed by atoms with Crippen LogP contribution in [0.25, 0.3) is 0 Å². The van der Waals surface area contributed by atoms with Crippen molar-refractivity contribution in [3.63, 3.8) is 0 Å². The Kier molecular flexibility index (Phi) is 5.30. The van der Waals surface area contributed by atoms with Gasteiger partial charge in [0.15, 0.2) is 0 Å². The highest BCUT2D eigenvalue weighted by atomic mass is 16.4. The van der Waals surface area contributed by atoms with E-state index in [1.54, 1.807) is 42.3 Å². The van der Waals surface area contributed by atoms with E-state index in [9.17, 15) is 14.7 Å². The first-order valence-electron chi connectivity index (χ1n) is 8.11. The van der Waals surface area contributed by atoms with E-state index in [4.69, 9.17) is 0 Å². The van der Waals surface area contributed by atoms with Gasteiger partial charge in [0.1, 0.15) is 5.82 Å². The number of carbonyl (C=O) groups excluding carboxylic acids is 1. The molecule has 10 heteroatoms. The third kappa shape index (κ3) is 4.30. The van der Waals surface area contributed by atoms with Gasteiger partial charge in [0.25, 0.3) is 0 Å². The lowest BCUT2D eigenvalue weighted by molar-refractivity contribution is -0.111. The molecule has 0 atom stereocenters. The fraction of sp³-hybridized carbons (Fsp3) is 0.0556. The molecular weight excluding hydrogens is 362 g/mol. The maximum atomic E-state index is 11.9. The summed E-state index contributed by atoms with van der Waals surface area (Å²) < 4.78 is 1.61. The van der Waals surface area contributed by atoms with E-state index in [-0.39, 0.29) is 11.8 Å². The van der Waals surface area contributed by atoms with Gasteiger partial charge in [-0.15, -0.1) is 0 Å². The van der Waals surface area contributed by atoms with Gasteiger partial charge in [-0.25, -0.2) is 14.7 Å². The summed E-state index contributed by atoms with van der Waals surface area (Å²) >= 11 is 0. The lowest BCUT2D eigenvalue weighted by Crippen LogP contribution is -2.25. The fourth-order valence-corrected chi connectivity index (χ4v) is 2.41. The molecular formula is C18H17N7O3. The lowest BCUT2D eigenvalue weighted by Gasteiger charge is -2.19. The standard InChI is InChI=1S/C18H17N7O3/c1-3-16(26)21-12-5-4-6-14(9-12)25(18(27)28)15-7-8-19-17(23-15)22-13-10-20-24(2)11-13/h3-11H,1H2,2H3,(H,21,26)(H,27,28)(H,19,22,23). The number of hydrogen-bond donors (Lipinski definition) is 3. The molecule has 2 amide bonds. The highest BCUT2D eigenvalue weighted by Gasteiger charge is 2.19. The number of anilines is 5. The van der Waals surface area contributed by atoms with Crippen molar-refractivity contribution in [1.82, 2.24) is 19.7 Å². The van der Waals surface area contributed by atoms with E-state index in [1.165, 1.54) is 18.3 Å². The van der Waals surface area contributed by atoms with E-state index >= 15 is 0 Å². The van der Waals surface area contributed by atoms with Gasteiger partial charge in [-0.2, -0.15) is 10.1 Å². The van der Waals surface area contributed by atoms with Crippen LogP contribution in [0.2, 0.25) is 0 Å². The highest BCUT2D eigenvalue weighted by Crippen LogP contribution is 2.27. The number of rotatable bonds is 6. The van der Waals surface area contributed by atoms with Crippen molar-refractivity contribution in [1.29, 1.82) is 0 Å². The number of aryl methyl sites for hydroxylation is 1. The number of carbonyl (C=O) groups is 2. The summed E-state index contributed by atoms with van der Waals surface area (Å²) in [6.07, 6.45) is 4.66. The smallest absolute Gasteiger partial charge is 0.417 e. The Morgan fingerprint density at radius 2 is 2.11 bits per heavy atom. The first-order chi connectivity index (χ1) is 13.5. The van der Waals surface area contributed by atoms with Crippen LogP contribution < -0.4 is 15.5 Å². The van der Waals surface area contributed by atoms with Gasteiger partial charge in [0, 0.05) is 31.2 Å². The SMILES string of the molecule is C=CC(=O)Nc1cccc(N(C(=O)O)c2ccnc(Nc3cnn(C)c3)n2)c1. The maximum absolute atomic E-state index is 11.9. The summed E-state index contributed by atoms with van der Waals surface area (Å²) in [6, 6.07) is 7.84. The number of amides is 2. The van der Waals surface area contributed by atoms with Crippen molar-refractivity contribution < 1.29 is 14.7 Å². The number of benzene rings is 1. The second-order valence-electron chi connectivity index (χ2n) is 5.63. The van der Waals surface area contributed by atoms with Gasteiger partial charge in [-0.1, -0.05) is 12.6 Å². The zero-order valence-corrected chi connectivity index (χ0v) is 14.9. The minimum Gasteiger partial charge on any atom is -0.464 e. The zero-order chi connectivity index (χ0) is 20.1. The van der Waals surface area contributed by atoms with Crippen LogP contribution in [-0.4, -0.2) is 36.9 Å². The van der Waals surface area contributed by atoms with Crippen LogP contribution in [0.4, 0.5) is 33.6 Å². The van der Waals surface area contributed by atoms with Crippen LogP contribution in [-0.2, 0) is 11.8 Å². The predicted octanol–water partition coefficient (Wildman–Crippen LogP) is 2.89. The summed E-state index contributed by atoms with van der Waals surface area (Å²) in [6.45, 7) is 3.39. The van der Waals surface area contributed by atoms with Crippen molar-refractivity contribution in [2.75, 3.05) is 15.5 Å². The summed E-state index contributed by atoms with van der Waals surface area (Å²) in [5.74, 6) is -0.0435. The lowest BCUT2D eigenvalue weighted by atomic mass is 10.2. The third-order valence-electron chi connectivity index (χ3n) is 3.58. The first-order valence-corrected chi connectivity index (χ1v) is 8.11. The Morgan fingerprint density at radius 3 is 2.79 bits per heavy atom. The molecule has 0 radical (unpaired) electrons. The molecule has 0 bridgehead atoms. The monoisotopic (exact) mass is 379 g/mol. The Hall–Kier alpha value is -4.21. The first kappa shape index (κ1) is 18.6. The van der Waals surface area contributed by atoms with Crippen LogP contribution in [0.3, 0.4) is 0 Å². The number of nitrogens with one attached hydrogen (secondary N) is 2. The van der Waals surface area contributed by atoms with E-state index in [0.717, 1.165) is 11.0 Å². The van der Waals surface area contributed by atoms with Gasteiger partial charge < -0.3 is 15.7 Å². The molecule has 3 N–H and O–H groups in total. The molecule has 2 heterocycles. The zero-order valence-electron chi connectivity index (χ0n) is 14.9. The van der Waals surface area contributed by atoms with Crippen molar-refractivity contribution in [3.05, 3.63) is 61.6 Å². The second kappa shape index (κ2) is 7.99. The van der Waals surface area contributed by atoms with Crippen molar-refractivity contribution in [3.8, 4) is 0 Å². The van der Waals surface area contributed by atoms with Gasteiger partial charge in [0.2, 0.25) is 11.9 Å². The predicted molar refractivity (Wildman–Crippen MR) is 104 cm³/mol. The minimum atomic E-state index is -1.24. The van der Waals surface area contributed by atoms with Gasteiger partial charge in [-0.3, -0.25) is 9.48 Å². The topological polar surface area (TPSA) is 125 Å². The van der Waals surface area contributed by atoms with E-state index in [0.29, 0.717) is 17.1 Å². The molecule has 0 saturated carbocycles. The van der Waals surface area contributed by atoms with E-state index in [2.05, 4.69) is 32.3 Å². The van der Waals surface area contributed by atoms with Crippen LogP contribution in [0.5, 0.6) is 0 Å². The molecule has 0 aliphatic heterocycles. The molecule has 0 unspecified atom stereocenters. The number of carboxylic acid groups (broad SMARTS) is 1. The van der Waals surface area contributed by atoms with Gasteiger partial charge >= 0.3 is 6.09 Å². The number of aromatic nitrogens is 4. The average molecular weight is 379 g/mol. The largest absolute Gasteiger partial charge is 0.464 e. The molecule has 3 aromatic rings. The summed E-state index contributed by atoms with van der Waals surface area (Å²) in [4.78, 5) is 32.7. The van der Waals surface area contributed by atoms with Crippen LogP contribution in [0, 0.1) is 0 Å². The third-order valence-corrected chi connectivity index (χ3v) is 3.58. The average Bonchev–Trinajstić information content (AvgIpc) is 3.07. The Morgan fingerprint density at radius 1 is 1.29 bits per heavy atom. The van der Waals surface area contributed by atoms with Crippen molar-refractivity contribution in [2.45, 2.75) is 0 Å². The summed E-state index contributed by atoms with van der Waals surface area (Å²) in [5, 5.41) is 19.3. The molecule has 0 saturated heterocycles. The molecule has 28 heavy (non-hydrogen) atoms.